The van der Waals surface area contributed by atoms with Gasteiger partial charge in [-0.1, -0.05) is 12.8 Å². The van der Waals surface area contributed by atoms with Gasteiger partial charge in [-0.05, 0) is 43.9 Å². The standard InChI is InChI=1S/C17H24N4/c1-2-5-16(4-1)21-11-9-15(19-21)13-20-10-3-6-17(20)12-18-14-7-8-14/h3,6,9-11,14,16,18H,1-2,4-5,7-8,12-13H2. The number of aromatic nitrogens is 3. The first kappa shape index (κ1) is 13.1. The average Bonchev–Trinajstić information content (AvgIpc) is 2.93. The van der Waals surface area contributed by atoms with Gasteiger partial charge in [-0.25, -0.2) is 0 Å². The highest BCUT2D eigenvalue weighted by atomic mass is 15.3. The zero-order valence-electron chi connectivity index (χ0n) is 12.5. The van der Waals surface area contributed by atoms with Crippen molar-refractivity contribution in [1.82, 2.24) is 19.7 Å². The SMILES string of the molecule is c1cc(CNC2CC2)n(Cc2ccn(C3CCCC3)n2)c1. The van der Waals surface area contributed by atoms with Crippen LogP contribution in [0, 0.1) is 0 Å². The van der Waals surface area contributed by atoms with Crippen LogP contribution < -0.4 is 5.32 Å². The molecule has 2 fully saturated rings. The van der Waals surface area contributed by atoms with Gasteiger partial charge in [0.1, 0.15) is 0 Å². The van der Waals surface area contributed by atoms with Gasteiger partial charge in [0.25, 0.3) is 0 Å². The van der Waals surface area contributed by atoms with Gasteiger partial charge in [-0.15, -0.1) is 0 Å². The molecule has 2 aromatic rings. The number of hydrogen-bond donors (Lipinski definition) is 1. The van der Waals surface area contributed by atoms with Gasteiger partial charge in [0.2, 0.25) is 0 Å². The molecule has 4 rings (SSSR count). The zero-order valence-corrected chi connectivity index (χ0v) is 12.5. The quantitative estimate of drug-likeness (QED) is 0.884. The summed E-state index contributed by atoms with van der Waals surface area (Å²) in [5.74, 6) is 0. The van der Waals surface area contributed by atoms with E-state index in [2.05, 4.69) is 45.2 Å². The van der Waals surface area contributed by atoms with Crippen LogP contribution in [0.2, 0.25) is 0 Å². The molecule has 2 saturated carbocycles. The second kappa shape index (κ2) is 5.68. The highest BCUT2D eigenvalue weighted by molar-refractivity contribution is 5.11. The van der Waals surface area contributed by atoms with Crippen molar-refractivity contribution in [2.75, 3.05) is 0 Å². The van der Waals surface area contributed by atoms with Crippen molar-refractivity contribution < 1.29 is 0 Å². The Morgan fingerprint density at radius 1 is 1.10 bits per heavy atom. The van der Waals surface area contributed by atoms with Gasteiger partial charge in [-0.3, -0.25) is 4.68 Å². The second-order valence-corrected chi connectivity index (χ2v) is 6.51. The van der Waals surface area contributed by atoms with Gasteiger partial charge < -0.3 is 9.88 Å². The Morgan fingerprint density at radius 3 is 2.76 bits per heavy atom. The second-order valence-electron chi connectivity index (χ2n) is 6.51. The largest absolute Gasteiger partial charge is 0.344 e. The molecule has 0 amide bonds. The summed E-state index contributed by atoms with van der Waals surface area (Å²) in [5, 5.41) is 8.38. The van der Waals surface area contributed by atoms with E-state index in [1.54, 1.807) is 0 Å². The van der Waals surface area contributed by atoms with Crippen molar-refractivity contribution in [2.24, 2.45) is 0 Å². The van der Waals surface area contributed by atoms with E-state index in [1.807, 2.05) is 0 Å². The van der Waals surface area contributed by atoms with Crippen molar-refractivity contribution in [3.8, 4) is 0 Å². The van der Waals surface area contributed by atoms with E-state index in [9.17, 15) is 0 Å². The zero-order chi connectivity index (χ0) is 14.1. The van der Waals surface area contributed by atoms with E-state index in [1.165, 1.54) is 49.9 Å². The molecule has 0 radical (unpaired) electrons. The van der Waals surface area contributed by atoms with Crippen LogP contribution in [0.3, 0.4) is 0 Å². The van der Waals surface area contributed by atoms with Gasteiger partial charge >= 0.3 is 0 Å². The van der Waals surface area contributed by atoms with Gasteiger partial charge in [0.15, 0.2) is 0 Å². The molecule has 0 aromatic carbocycles. The van der Waals surface area contributed by atoms with Crippen LogP contribution in [-0.2, 0) is 13.1 Å². The Balaban J connectivity index is 1.41. The first-order chi connectivity index (χ1) is 10.4. The smallest absolute Gasteiger partial charge is 0.0821 e. The topological polar surface area (TPSA) is 34.8 Å². The minimum Gasteiger partial charge on any atom is -0.344 e. The van der Waals surface area contributed by atoms with Gasteiger partial charge in [0.05, 0.1) is 18.3 Å². The number of hydrogen-bond acceptors (Lipinski definition) is 2. The Morgan fingerprint density at radius 2 is 1.95 bits per heavy atom. The summed E-state index contributed by atoms with van der Waals surface area (Å²) >= 11 is 0. The maximum atomic E-state index is 4.79. The molecule has 0 atom stereocenters. The third kappa shape index (κ3) is 3.05. The lowest BCUT2D eigenvalue weighted by Crippen LogP contribution is -2.18. The van der Waals surface area contributed by atoms with Gasteiger partial charge in [-0.2, -0.15) is 5.10 Å². The summed E-state index contributed by atoms with van der Waals surface area (Å²) in [5.41, 5.74) is 2.53. The van der Waals surface area contributed by atoms with Crippen LogP contribution in [0.4, 0.5) is 0 Å². The highest BCUT2D eigenvalue weighted by Gasteiger charge is 2.20. The monoisotopic (exact) mass is 284 g/mol. The fraction of sp³-hybridized carbons (Fsp3) is 0.588. The van der Waals surface area contributed by atoms with E-state index < -0.39 is 0 Å². The molecule has 112 valence electrons. The average molecular weight is 284 g/mol. The third-order valence-corrected chi connectivity index (χ3v) is 4.77. The first-order valence-electron chi connectivity index (χ1n) is 8.30. The molecule has 2 aliphatic rings. The summed E-state index contributed by atoms with van der Waals surface area (Å²) in [7, 11) is 0. The van der Waals surface area contributed by atoms with Crippen LogP contribution in [-0.4, -0.2) is 20.4 Å². The molecule has 0 bridgehead atoms. The molecule has 0 saturated heterocycles. The maximum Gasteiger partial charge on any atom is 0.0821 e. The van der Waals surface area contributed by atoms with Crippen LogP contribution in [0.15, 0.2) is 30.6 Å². The molecule has 2 heterocycles. The lowest BCUT2D eigenvalue weighted by molar-refractivity contribution is 0.461. The molecule has 0 spiro atoms. The highest BCUT2D eigenvalue weighted by Crippen LogP contribution is 2.28. The molecule has 4 heteroatoms. The fourth-order valence-corrected chi connectivity index (χ4v) is 3.31. The predicted molar refractivity (Wildman–Crippen MR) is 83.1 cm³/mol. The molecule has 0 unspecified atom stereocenters. The summed E-state index contributed by atoms with van der Waals surface area (Å²) < 4.78 is 4.50. The molecule has 1 N–H and O–H groups in total. The summed E-state index contributed by atoms with van der Waals surface area (Å²) in [6.45, 7) is 1.86. The Bertz CT molecular complexity index is 587. The molecular weight excluding hydrogens is 260 g/mol. The summed E-state index contributed by atoms with van der Waals surface area (Å²) in [4.78, 5) is 0. The molecular formula is C17H24N4. The molecule has 4 nitrogen and oxygen atoms in total. The van der Waals surface area contributed by atoms with Crippen molar-refractivity contribution in [2.45, 2.75) is 63.7 Å². The van der Waals surface area contributed by atoms with E-state index >= 15 is 0 Å². The Labute approximate surface area is 126 Å². The lowest BCUT2D eigenvalue weighted by atomic mass is 10.3. The fourth-order valence-electron chi connectivity index (χ4n) is 3.31. The molecule has 2 aliphatic carbocycles. The van der Waals surface area contributed by atoms with Gasteiger partial charge in [0, 0.05) is 30.7 Å². The summed E-state index contributed by atoms with van der Waals surface area (Å²) in [6, 6.07) is 7.92. The normalized spacial score (nSPS) is 19.4. The van der Waals surface area contributed by atoms with Crippen molar-refractivity contribution in [3.63, 3.8) is 0 Å². The maximum absolute atomic E-state index is 4.79. The number of nitrogens with zero attached hydrogens (tertiary/aromatic N) is 3. The van der Waals surface area contributed by atoms with Crippen molar-refractivity contribution >= 4 is 0 Å². The van der Waals surface area contributed by atoms with Crippen LogP contribution >= 0.6 is 0 Å². The van der Waals surface area contributed by atoms with Crippen LogP contribution in [0.5, 0.6) is 0 Å². The molecule has 2 aromatic heterocycles. The van der Waals surface area contributed by atoms with E-state index in [0.717, 1.165) is 19.1 Å². The number of nitrogens with one attached hydrogen (secondary N) is 1. The minimum atomic E-state index is 0.638. The molecule has 21 heavy (non-hydrogen) atoms. The van der Waals surface area contributed by atoms with Crippen LogP contribution in [0.25, 0.3) is 0 Å². The Kier molecular flexibility index (Phi) is 3.55. The van der Waals surface area contributed by atoms with E-state index in [-0.39, 0.29) is 0 Å². The third-order valence-electron chi connectivity index (χ3n) is 4.77. The van der Waals surface area contributed by atoms with E-state index in [0.29, 0.717) is 6.04 Å². The lowest BCUT2D eigenvalue weighted by Gasteiger charge is -2.10. The Hall–Kier alpha value is -1.55. The van der Waals surface area contributed by atoms with Crippen molar-refractivity contribution in [1.29, 1.82) is 0 Å². The van der Waals surface area contributed by atoms with Crippen molar-refractivity contribution in [3.05, 3.63) is 42.0 Å². The molecule has 0 aliphatic heterocycles. The van der Waals surface area contributed by atoms with E-state index in [4.69, 9.17) is 5.10 Å². The van der Waals surface area contributed by atoms with Crippen LogP contribution in [0.1, 0.15) is 56.0 Å². The number of rotatable bonds is 6. The minimum absolute atomic E-state index is 0.638. The summed E-state index contributed by atoms with van der Waals surface area (Å²) in [6.07, 6.45) is 12.3. The first-order valence-corrected chi connectivity index (χ1v) is 8.30. The predicted octanol–water partition coefficient (Wildman–Crippen LogP) is 3.10.